The molecule has 0 aliphatic rings. The lowest BCUT2D eigenvalue weighted by Gasteiger charge is -2.18. The molecule has 3 aromatic carbocycles. The van der Waals surface area contributed by atoms with E-state index in [1.54, 1.807) is 13.2 Å². The van der Waals surface area contributed by atoms with E-state index in [0.29, 0.717) is 31.0 Å². The molecule has 1 aromatic heterocycles. The predicted molar refractivity (Wildman–Crippen MR) is 138 cm³/mol. The van der Waals surface area contributed by atoms with Crippen LogP contribution in [0.15, 0.2) is 72.9 Å². The Bertz CT molecular complexity index is 1310. The number of hydrogen-bond acceptors (Lipinski definition) is 5. The molecule has 1 heterocycles. The van der Waals surface area contributed by atoms with E-state index in [1.807, 2.05) is 78.4 Å². The fourth-order valence-corrected chi connectivity index (χ4v) is 4.30. The Kier molecular flexibility index (Phi) is 7.70. The molecule has 0 spiro atoms. The first-order valence-electron chi connectivity index (χ1n) is 11.7. The maximum Gasteiger partial charge on any atom is 0.255 e. The van der Waals surface area contributed by atoms with Crippen molar-refractivity contribution in [2.24, 2.45) is 5.73 Å². The van der Waals surface area contributed by atoms with Crippen molar-refractivity contribution in [3.63, 3.8) is 0 Å². The zero-order chi connectivity index (χ0) is 24.8. The number of nitrogens with two attached hydrogens (primary N) is 1. The van der Waals surface area contributed by atoms with Crippen LogP contribution in [0.4, 0.5) is 0 Å². The molecule has 182 valence electrons. The largest absolute Gasteiger partial charge is 0.497 e. The summed E-state index contributed by atoms with van der Waals surface area (Å²) in [5, 5.41) is 14.1. The summed E-state index contributed by atoms with van der Waals surface area (Å²) in [6.45, 7) is 2.46. The summed E-state index contributed by atoms with van der Waals surface area (Å²) in [6.07, 6.45) is 2.45. The van der Waals surface area contributed by atoms with Gasteiger partial charge < -0.3 is 30.2 Å². The van der Waals surface area contributed by atoms with Gasteiger partial charge in [-0.05, 0) is 60.4 Å². The molecule has 0 unspecified atom stereocenters. The van der Waals surface area contributed by atoms with E-state index in [2.05, 4.69) is 5.32 Å². The van der Waals surface area contributed by atoms with Gasteiger partial charge in [0.15, 0.2) is 0 Å². The van der Waals surface area contributed by atoms with Crippen LogP contribution < -0.4 is 20.5 Å². The summed E-state index contributed by atoms with van der Waals surface area (Å²) in [5.41, 5.74) is 10.1. The number of aromatic nitrogens is 1. The summed E-state index contributed by atoms with van der Waals surface area (Å²) in [4.78, 5) is 13.4. The number of nitrogens with one attached hydrogen (secondary N) is 1. The minimum absolute atomic E-state index is 0.201. The average Bonchev–Trinajstić information content (AvgIpc) is 3.26. The number of amides is 1. The maximum absolute atomic E-state index is 13.4. The van der Waals surface area contributed by atoms with Crippen LogP contribution in [0.5, 0.6) is 11.5 Å². The zero-order valence-electron chi connectivity index (χ0n) is 20.0. The molecule has 0 bridgehead atoms. The topological polar surface area (TPSA) is 98.7 Å². The van der Waals surface area contributed by atoms with Crippen LogP contribution in [-0.2, 0) is 13.1 Å². The Hall–Kier alpha value is -3.81. The quantitative estimate of drug-likeness (QED) is 0.324. The van der Waals surface area contributed by atoms with Crippen LogP contribution >= 0.6 is 0 Å². The van der Waals surface area contributed by atoms with Gasteiger partial charge in [-0.2, -0.15) is 0 Å². The van der Waals surface area contributed by atoms with Gasteiger partial charge in [0, 0.05) is 17.1 Å². The lowest BCUT2D eigenvalue weighted by Crippen LogP contribution is -2.39. The van der Waals surface area contributed by atoms with Crippen molar-refractivity contribution in [1.82, 2.24) is 9.88 Å². The summed E-state index contributed by atoms with van der Waals surface area (Å²) in [7, 11) is 1.62. The zero-order valence-corrected chi connectivity index (χ0v) is 20.0. The Morgan fingerprint density at radius 1 is 1.09 bits per heavy atom. The summed E-state index contributed by atoms with van der Waals surface area (Å²) < 4.78 is 13.0. The van der Waals surface area contributed by atoms with E-state index >= 15 is 0 Å². The van der Waals surface area contributed by atoms with Crippen molar-refractivity contribution >= 4 is 16.8 Å². The number of aliphatic hydroxyl groups excluding tert-OH is 1. The molecule has 7 heteroatoms. The molecule has 1 amide bonds. The van der Waals surface area contributed by atoms with E-state index in [4.69, 9.17) is 15.2 Å². The second kappa shape index (κ2) is 11.1. The van der Waals surface area contributed by atoms with Gasteiger partial charge in [0.2, 0.25) is 0 Å². The van der Waals surface area contributed by atoms with Crippen molar-refractivity contribution in [3.05, 3.63) is 84.1 Å². The van der Waals surface area contributed by atoms with E-state index in [0.717, 1.165) is 33.3 Å². The van der Waals surface area contributed by atoms with E-state index in [-0.39, 0.29) is 12.5 Å². The van der Waals surface area contributed by atoms with Crippen molar-refractivity contribution in [3.8, 4) is 22.6 Å². The number of benzene rings is 3. The fourth-order valence-electron chi connectivity index (χ4n) is 4.30. The van der Waals surface area contributed by atoms with Gasteiger partial charge in [-0.3, -0.25) is 4.79 Å². The smallest absolute Gasteiger partial charge is 0.255 e. The number of aliphatic hydroxyl groups is 1. The number of hydrogen-bond donors (Lipinski definition) is 3. The summed E-state index contributed by atoms with van der Waals surface area (Å²) in [6, 6.07) is 20.7. The second-order valence-electron chi connectivity index (χ2n) is 8.26. The van der Waals surface area contributed by atoms with Gasteiger partial charge in [-0.25, -0.2) is 0 Å². The molecule has 4 rings (SSSR count). The van der Waals surface area contributed by atoms with E-state index in [9.17, 15) is 9.90 Å². The lowest BCUT2D eigenvalue weighted by molar-refractivity contribution is 0.0913. The van der Waals surface area contributed by atoms with Crippen molar-refractivity contribution in [2.75, 3.05) is 20.3 Å². The van der Waals surface area contributed by atoms with Gasteiger partial charge in [0.1, 0.15) is 11.5 Å². The number of carbonyl (C=O) groups is 1. The number of methoxy groups -OCH3 is 1. The minimum atomic E-state index is -0.477. The van der Waals surface area contributed by atoms with Crippen LogP contribution in [0, 0.1) is 0 Å². The van der Waals surface area contributed by atoms with Crippen LogP contribution in [0.25, 0.3) is 22.0 Å². The molecular weight excluding hydrogens is 442 g/mol. The SMILES string of the molecule is CCOc1ccc(-c2cccc(OC)c2)cc1C(=O)N[C@@H](CO)Cc1cn(CN)c2ccccc12. The molecule has 0 aliphatic carbocycles. The highest BCUT2D eigenvalue weighted by atomic mass is 16.5. The Labute approximate surface area is 205 Å². The van der Waals surface area contributed by atoms with Crippen LogP contribution in [0.2, 0.25) is 0 Å². The van der Waals surface area contributed by atoms with Gasteiger partial charge in [-0.1, -0.05) is 36.4 Å². The Balaban J connectivity index is 1.61. The highest BCUT2D eigenvalue weighted by molar-refractivity contribution is 5.98. The van der Waals surface area contributed by atoms with Crippen molar-refractivity contribution < 1.29 is 19.4 Å². The molecule has 0 radical (unpaired) electrons. The van der Waals surface area contributed by atoms with Crippen LogP contribution in [0.1, 0.15) is 22.8 Å². The number of para-hydroxylation sites is 1. The number of carbonyl (C=O) groups excluding carboxylic acids is 1. The standard InChI is InChI=1S/C28H31N3O4/c1-3-35-27-12-11-20(19-7-6-8-23(14-19)34-2)15-25(27)28(33)30-22(17-32)13-21-16-31(18-29)26-10-5-4-9-24(21)26/h4-12,14-16,22,32H,3,13,17-18,29H2,1-2H3,(H,30,33)/t22-/m1/s1. The molecule has 4 N–H and O–H groups in total. The lowest BCUT2D eigenvalue weighted by atomic mass is 10.0. The number of rotatable bonds is 10. The molecular formula is C28H31N3O4. The van der Waals surface area contributed by atoms with Gasteiger partial charge in [-0.15, -0.1) is 0 Å². The van der Waals surface area contributed by atoms with E-state index < -0.39 is 6.04 Å². The molecule has 7 nitrogen and oxygen atoms in total. The highest BCUT2D eigenvalue weighted by Gasteiger charge is 2.20. The predicted octanol–water partition coefficient (Wildman–Crippen LogP) is 3.97. The van der Waals surface area contributed by atoms with Crippen molar-refractivity contribution in [1.29, 1.82) is 0 Å². The first-order chi connectivity index (χ1) is 17.1. The Morgan fingerprint density at radius 2 is 1.89 bits per heavy atom. The molecule has 1 atom stereocenters. The highest BCUT2D eigenvalue weighted by Crippen LogP contribution is 2.29. The summed E-state index contributed by atoms with van der Waals surface area (Å²) in [5.74, 6) is 0.923. The first kappa shape index (κ1) is 24.3. The van der Waals surface area contributed by atoms with Crippen molar-refractivity contribution in [2.45, 2.75) is 26.1 Å². The number of fused-ring (bicyclic) bond motifs is 1. The average molecular weight is 474 g/mol. The molecule has 0 saturated carbocycles. The number of nitrogens with zero attached hydrogens (tertiary/aromatic N) is 1. The third-order valence-corrected chi connectivity index (χ3v) is 6.02. The molecule has 35 heavy (non-hydrogen) atoms. The third kappa shape index (κ3) is 5.31. The normalized spacial score (nSPS) is 11.9. The summed E-state index contributed by atoms with van der Waals surface area (Å²) >= 11 is 0. The fraction of sp³-hybridized carbons (Fsp3) is 0.250. The monoisotopic (exact) mass is 473 g/mol. The second-order valence-corrected chi connectivity index (χ2v) is 8.26. The van der Waals surface area contributed by atoms with E-state index in [1.165, 1.54) is 0 Å². The van der Waals surface area contributed by atoms with Gasteiger partial charge >= 0.3 is 0 Å². The molecule has 0 fully saturated rings. The molecule has 0 saturated heterocycles. The number of ether oxygens (including phenoxy) is 2. The van der Waals surface area contributed by atoms with Gasteiger partial charge in [0.05, 0.1) is 38.6 Å². The molecule has 4 aromatic rings. The third-order valence-electron chi connectivity index (χ3n) is 6.02. The van der Waals surface area contributed by atoms with Crippen LogP contribution in [-0.4, -0.2) is 41.9 Å². The first-order valence-corrected chi connectivity index (χ1v) is 11.7. The maximum atomic E-state index is 13.4. The van der Waals surface area contributed by atoms with Gasteiger partial charge in [0.25, 0.3) is 5.91 Å². The Morgan fingerprint density at radius 3 is 2.63 bits per heavy atom. The molecule has 0 aliphatic heterocycles. The minimum Gasteiger partial charge on any atom is -0.497 e. The van der Waals surface area contributed by atoms with Crippen LogP contribution in [0.3, 0.4) is 0 Å².